The van der Waals surface area contributed by atoms with Gasteiger partial charge < -0.3 is 15.8 Å². The fraction of sp³-hybridized carbons (Fsp3) is 0.938. The van der Waals surface area contributed by atoms with Gasteiger partial charge in [0, 0.05) is 24.6 Å². The van der Waals surface area contributed by atoms with Crippen molar-refractivity contribution in [1.82, 2.24) is 5.32 Å². The van der Waals surface area contributed by atoms with Gasteiger partial charge in [0.2, 0.25) is 5.91 Å². The standard InChI is InChI=1S/C16H28N2O2/c1-15(2)11(8-16(15,3)20-4)18-14(19)12-9-5-6-10(7-9)13(12)17/h9-13H,5-8,17H2,1-4H3,(H,18,19). The molecule has 20 heavy (non-hydrogen) atoms. The first kappa shape index (κ1) is 14.3. The van der Waals surface area contributed by atoms with Gasteiger partial charge in [-0.2, -0.15) is 0 Å². The maximum atomic E-state index is 12.6. The van der Waals surface area contributed by atoms with Crippen molar-refractivity contribution in [2.24, 2.45) is 28.9 Å². The topological polar surface area (TPSA) is 64.3 Å². The van der Waals surface area contributed by atoms with Crippen molar-refractivity contribution >= 4 is 5.91 Å². The second-order valence-corrected chi connectivity index (χ2v) is 7.86. The molecule has 0 spiro atoms. The summed E-state index contributed by atoms with van der Waals surface area (Å²) in [6.07, 6.45) is 4.44. The molecule has 0 saturated heterocycles. The van der Waals surface area contributed by atoms with E-state index in [-0.39, 0.29) is 34.9 Å². The quantitative estimate of drug-likeness (QED) is 0.826. The van der Waals surface area contributed by atoms with Crippen LogP contribution in [-0.2, 0) is 9.53 Å². The molecule has 0 radical (unpaired) electrons. The predicted molar refractivity (Wildman–Crippen MR) is 78.0 cm³/mol. The Hall–Kier alpha value is -0.610. The van der Waals surface area contributed by atoms with Gasteiger partial charge >= 0.3 is 0 Å². The monoisotopic (exact) mass is 280 g/mol. The van der Waals surface area contributed by atoms with Crippen LogP contribution in [0.1, 0.15) is 46.5 Å². The number of rotatable bonds is 3. The first-order chi connectivity index (χ1) is 9.30. The Morgan fingerprint density at radius 2 is 1.90 bits per heavy atom. The van der Waals surface area contributed by atoms with Crippen molar-refractivity contribution in [3.63, 3.8) is 0 Å². The molecule has 1 amide bonds. The van der Waals surface area contributed by atoms with E-state index in [4.69, 9.17) is 10.5 Å². The van der Waals surface area contributed by atoms with E-state index in [1.54, 1.807) is 7.11 Å². The smallest absolute Gasteiger partial charge is 0.225 e. The van der Waals surface area contributed by atoms with Gasteiger partial charge in [0.1, 0.15) is 0 Å². The molecular weight excluding hydrogens is 252 g/mol. The third-order valence-electron chi connectivity index (χ3n) is 6.88. The first-order valence-corrected chi connectivity index (χ1v) is 7.91. The van der Waals surface area contributed by atoms with Gasteiger partial charge in [-0.1, -0.05) is 13.8 Å². The Morgan fingerprint density at radius 3 is 2.40 bits per heavy atom. The van der Waals surface area contributed by atoms with Gasteiger partial charge in [-0.3, -0.25) is 4.79 Å². The van der Waals surface area contributed by atoms with Crippen LogP contribution in [0.5, 0.6) is 0 Å². The number of nitrogens with two attached hydrogens (primary N) is 1. The second-order valence-electron chi connectivity index (χ2n) is 7.86. The van der Waals surface area contributed by atoms with Crippen LogP contribution in [0, 0.1) is 23.2 Å². The lowest BCUT2D eigenvalue weighted by Crippen LogP contribution is -2.69. The molecule has 3 rings (SSSR count). The normalized spacial score (nSPS) is 49.0. The van der Waals surface area contributed by atoms with Crippen LogP contribution >= 0.6 is 0 Å². The average Bonchev–Trinajstić information content (AvgIpc) is 2.98. The van der Waals surface area contributed by atoms with Crippen LogP contribution in [0.2, 0.25) is 0 Å². The van der Waals surface area contributed by atoms with Gasteiger partial charge in [-0.25, -0.2) is 0 Å². The lowest BCUT2D eigenvalue weighted by Gasteiger charge is -2.59. The minimum atomic E-state index is -0.137. The molecule has 3 fully saturated rings. The SMILES string of the molecule is COC1(C)CC(NC(=O)C2C3CCC(C3)C2N)C1(C)C. The van der Waals surface area contributed by atoms with Crippen molar-refractivity contribution < 1.29 is 9.53 Å². The molecule has 0 aromatic rings. The minimum absolute atomic E-state index is 0.0286. The molecule has 3 N–H and O–H groups in total. The zero-order valence-electron chi connectivity index (χ0n) is 13.1. The number of nitrogens with one attached hydrogen (secondary N) is 1. The number of hydrogen-bond acceptors (Lipinski definition) is 3. The van der Waals surface area contributed by atoms with E-state index in [0.29, 0.717) is 11.8 Å². The largest absolute Gasteiger partial charge is 0.378 e. The zero-order chi connectivity index (χ0) is 14.7. The summed E-state index contributed by atoms with van der Waals surface area (Å²) < 4.78 is 5.62. The minimum Gasteiger partial charge on any atom is -0.378 e. The predicted octanol–water partition coefficient (Wildman–Crippen LogP) is 1.68. The van der Waals surface area contributed by atoms with E-state index < -0.39 is 0 Å². The molecule has 3 aliphatic carbocycles. The lowest BCUT2D eigenvalue weighted by molar-refractivity contribution is -0.183. The lowest BCUT2D eigenvalue weighted by atomic mass is 9.55. The van der Waals surface area contributed by atoms with Crippen LogP contribution in [0.4, 0.5) is 0 Å². The molecule has 0 aliphatic heterocycles. The number of methoxy groups -OCH3 is 1. The van der Waals surface area contributed by atoms with Crippen LogP contribution < -0.4 is 11.1 Å². The third-order valence-corrected chi connectivity index (χ3v) is 6.88. The van der Waals surface area contributed by atoms with Gasteiger partial charge in [-0.15, -0.1) is 0 Å². The van der Waals surface area contributed by atoms with Crippen molar-refractivity contribution in [3.8, 4) is 0 Å². The first-order valence-electron chi connectivity index (χ1n) is 7.91. The highest BCUT2D eigenvalue weighted by Crippen LogP contribution is 2.52. The van der Waals surface area contributed by atoms with Gasteiger partial charge in [-0.05, 0) is 44.4 Å². The van der Waals surface area contributed by atoms with Gasteiger partial charge in [0.25, 0.3) is 0 Å². The van der Waals surface area contributed by atoms with E-state index in [9.17, 15) is 4.79 Å². The summed E-state index contributed by atoms with van der Waals surface area (Å²) in [7, 11) is 1.76. The molecule has 0 aromatic carbocycles. The Kier molecular flexibility index (Phi) is 3.18. The highest BCUT2D eigenvalue weighted by Gasteiger charge is 2.59. The number of carbonyl (C=O) groups excluding carboxylic acids is 1. The molecule has 6 unspecified atom stereocenters. The van der Waals surface area contributed by atoms with Crippen molar-refractivity contribution in [2.45, 2.75) is 64.1 Å². The van der Waals surface area contributed by atoms with Crippen molar-refractivity contribution in [2.75, 3.05) is 7.11 Å². The summed E-state index contributed by atoms with van der Waals surface area (Å²) in [5.41, 5.74) is 6.10. The Morgan fingerprint density at radius 1 is 1.25 bits per heavy atom. The fourth-order valence-corrected chi connectivity index (χ4v) is 4.72. The summed E-state index contributed by atoms with van der Waals surface area (Å²) in [5, 5.41) is 3.25. The summed E-state index contributed by atoms with van der Waals surface area (Å²) in [6.45, 7) is 6.47. The maximum absolute atomic E-state index is 12.6. The third kappa shape index (κ3) is 1.77. The average molecular weight is 280 g/mol. The summed E-state index contributed by atoms with van der Waals surface area (Å²) >= 11 is 0. The molecule has 4 nitrogen and oxygen atoms in total. The Labute approximate surface area is 121 Å². The molecule has 0 heterocycles. The fourth-order valence-electron chi connectivity index (χ4n) is 4.72. The molecule has 3 saturated carbocycles. The molecule has 6 atom stereocenters. The number of fused-ring (bicyclic) bond motifs is 2. The van der Waals surface area contributed by atoms with E-state index in [0.717, 1.165) is 12.8 Å². The van der Waals surface area contributed by atoms with E-state index in [1.165, 1.54) is 12.8 Å². The summed E-state index contributed by atoms with van der Waals surface area (Å²) in [4.78, 5) is 12.6. The van der Waals surface area contributed by atoms with Crippen molar-refractivity contribution in [3.05, 3.63) is 0 Å². The summed E-state index contributed by atoms with van der Waals surface area (Å²) in [6, 6.07) is 0.275. The number of ether oxygens (including phenoxy) is 1. The van der Waals surface area contributed by atoms with Crippen LogP contribution in [0.25, 0.3) is 0 Å². The Balaban J connectivity index is 1.64. The Bertz CT molecular complexity index is 421. The zero-order valence-corrected chi connectivity index (χ0v) is 13.1. The van der Waals surface area contributed by atoms with E-state index >= 15 is 0 Å². The number of carbonyl (C=O) groups is 1. The van der Waals surface area contributed by atoms with Crippen LogP contribution in [-0.4, -0.2) is 30.7 Å². The number of amides is 1. The molecule has 2 bridgehead atoms. The van der Waals surface area contributed by atoms with E-state index in [2.05, 4.69) is 26.1 Å². The van der Waals surface area contributed by atoms with Crippen molar-refractivity contribution in [1.29, 1.82) is 0 Å². The molecular formula is C16H28N2O2. The molecule has 0 aromatic heterocycles. The van der Waals surface area contributed by atoms with E-state index in [1.807, 2.05) is 0 Å². The molecule has 4 heteroatoms. The van der Waals surface area contributed by atoms with Gasteiger partial charge in [0.15, 0.2) is 0 Å². The molecule has 114 valence electrons. The molecule has 3 aliphatic rings. The highest BCUT2D eigenvalue weighted by molar-refractivity contribution is 5.81. The maximum Gasteiger partial charge on any atom is 0.225 e. The van der Waals surface area contributed by atoms with Crippen LogP contribution in [0.15, 0.2) is 0 Å². The summed E-state index contributed by atoms with van der Waals surface area (Å²) in [5.74, 6) is 1.32. The second kappa shape index (κ2) is 4.44. The van der Waals surface area contributed by atoms with Crippen LogP contribution in [0.3, 0.4) is 0 Å². The number of hydrogen-bond donors (Lipinski definition) is 2. The highest BCUT2D eigenvalue weighted by atomic mass is 16.5. The van der Waals surface area contributed by atoms with Gasteiger partial charge in [0.05, 0.1) is 11.5 Å².